The molecule has 0 saturated carbocycles. The molecule has 0 aliphatic carbocycles. The first-order valence-electron chi connectivity index (χ1n) is 11.8. The number of β-amino-alcohol motifs (C(OH)–C–C–N with tert-alkyl or cyclic N) is 1. The summed E-state index contributed by atoms with van der Waals surface area (Å²) in [6, 6.07) is -0.660. The molecule has 32 heavy (non-hydrogen) atoms. The van der Waals surface area contributed by atoms with Gasteiger partial charge in [-0.3, -0.25) is 19.3 Å². The van der Waals surface area contributed by atoms with Crippen LogP contribution in [0.3, 0.4) is 0 Å². The Balaban J connectivity index is 1.53. The predicted octanol–water partition coefficient (Wildman–Crippen LogP) is -0.565. The van der Waals surface area contributed by atoms with Crippen LogP contribution in [-0.2, 0) is 19.1 Å². The number of likely N-dealkylation sites (tertiary alicyclic amines) is 1. The van der Waals surface area contributed by atoms with E-state index < -0.39 is 22.6 Å². The van der Waals surface area contributed by atoms with E-state index in [9.17, 15) is 19.5 Å². The maximum Gasteiger partial charge on any atom is 0.244 e. The van der Waals surface area contributed by atoms with Gasteiger partial charge in [-0.2, -0.15) is 0 Å². The normalized spacial score (nSPS) is 36.4. The van der Waals surface area contributed by atoms with Crippen molar-refractivity contribution in [1.29, 1.82) is 0 Å². The van der Waals surface area contributed by atoms with Gasteiger partial charge in [0.2, 0.25) is 17.7 Å². The van der Waals surface area contributed by atoms with Crippen molar-refractivity contribution in [2.75, 3.05) is 59.1 Å². The van der Waals surface area contributed by atoms with Crippen LogP contribution in [0.4, 0.5) is 0 Å². The Morgan fingerprint density at radius 3 is 2.56 bits per heavy atom. The standard InChI is InChI=1S/C22H36N4O5S/c1-3-6-23-18(28)15-16-20(30)26(9-12-27)17(22(16)5-4-21(15,2)32-22)19(29)24-7-8-25-10-13-31-14-11-25/h15-17,27H,3-14H2,1-2H3,(H,23,28)(H,24,29)/t15-,16-,17?,21+,22?/m0/s1. The van der Waals surface area contributed by atoms with Crippen molar-refractivity contribution in [1.82, 2.24) is 20.4 Å². The number of nitrogens with one attached hydrogen (secondary N) is 2. The van der Waals surface area contributed by atoms with Crippen LogP contribution in [0.1, 0.15) is 33.1 Å². The average Bonchev–Trinajstić information content (AvgIpc) is 3.34. The zero-order chi connectivity index (χ0) is 22.9. The summed E-state index contributed by atoms with van der Waals surface area (Å²) in [5.41, 5.74) is 0. The fourth-order valence-corrected chi connectivity index (χ4v) is 8.45. The van der Waals surface area contributed by atoms with E-state index in [4.69, 9.17) is 4.74 Å². The lowest BCUT2D eigenvalue weighted by molar-refractivity contribution is -0.141. The first kappa shape index (κ1) is 23.8. The zero-order valence-electron chi connectivity index (χ0n) is 19.1. The zero-order valence-corrected chi connectivity index (χ0v) is 19.9. The number of carbonyl (C=O) groups is 3. The molecule has 0 aromatic rings. The van der Waals surface area contributed by atoms with Gasteiger partial charge in [0.1, 0.15) is 6.04 Å². The molecule has 3 amide bonds. The molecule has 0 aromatic heterocycles. The molecule has 0 aromatic carbocycles. The van der Waals surface area contributed by atoms with E-state index in [1.54, 1.807) is 11.8 Å². The Morgan fingerprint density at radius 2 is 1.88 bits per heavy atom. The summed E-state index contributed by atoms with van der Waals surface area (Å²) < 4.78 is 4.41. The highest BCUT2D eigenvalue weighted by Crippen LogP contribution is 2.71. The summed E-state index contributed by atoms with van der Waals surface area (Å²) in [7, 11) is 0. The molecule has 180 valence electrons. The lowest BCUT2D eigenvalue weighted by atomic mass is 9.66. The van der Waals surface area contributed by atoms with Gasteiger partial charge in [0.05, 0.1) is 36.4 Å². The number of aliphatic hydroxyl groups is 1. The molecule has 4 rings (SSSR count). The number of nitrogens with zero attached hydrogens (tertiary/aromatic N) is 2. The molecule has 4 aliphatic rings. The van der Waals surface area contributed by atoms with Crippen LogP contribution in [0.15, 0.2) is 0 Å². The number of rotatable bonds is 9. The Hall–Kier alpha value is -1.36. The number of hydrogen-bond donors (Lipinski definition) is 3. The van der Waals surface area contributed by atoms with E-state index in [2.05, 4.69) is 22.5 Å². The summed E-state index contributed by atoms with van der Waals surface area (Å²) in [5.74, 6) is -1.40. The highest BCUT2D eigenvalue weighted by Gasteiger charge is 2.76. The Bertz CT molecular complexity index is 748. The van der Waals surface area contributed by atoms with Gasteiger partial charge < -0.3 is 25.4 Å². The lowest BCUT2D eigenvalue weighted by Crippen LogP contribution is -2.55. The minimum Gasteiger partial charge on any atom is -0.395 e. The largest absolute Gasteiger partial charge is 0.395 e. The SMILES string of the molecule is CCCNC(=O)[C@@H]1[C@H]2C(=O)N(CCO)C(C(=O)NCCN3CCOCC3)C23CC[C@@]1(C)S3. The molecule has 3 N–H and O–H groups in total. The van der Waals surface area contributed by atoms with Crippen molar-refractivity contribution in [2.24, 2.45) is 11.8 Å². The molecule has 4 aliphatic heterocycles. The van der Waals surface area contributed by atoms with Gasteiger partial charge in [0.15, 0.2) is 0 Å². The van der Waals surface area contributed by atoms with Gasteiger partial charge in [0.25, 0.3) is 0 Å². The molecule has 5 atom stereocenters. The topological polar surface area (TPSA) is 111 Å². The van der Waals surface area contributed by atoms with Gasteiger partial charge in [-0.1, -0.05) is 6.92 Å². The van der Waals surface area contributed by atoms with Crippen molar-refractivity contribution >= 4 is 29.5 Å². The monoisotopic (exact) mass is 468 g/mol. The molecule has 1 spiro atoms. The average molecular weight is 469 g/mol. The maximum atomic E-state index is 13.5. The number of fused-ring (bicyclic) bond motifs is 1. The van der Waals surface area contributed by atoms with E-state index in [0.29, 0.717) is 26.3 Å². The summed E-state index contributed by atoms with van der Waals surface area (Å²) in [6.45, 7) is 8.90. The van der Waals surface area contributed by atoms with Gasteiger partial charge in [-0.15, -0.1) is 11.8 Å². The van der Waals surface area contributed by atoms with Gasteiger partial charge in [0, 0.05) is 44.0 Å². The Morgan fingerprint density at radius 1 is 1.16 bits per heavy atom. The first-order valence-corrected chi connectivity index (χ1v) is 12.7. The maximum absolute atomic E-state index is 13.5. The van der Waals surface area contributed by atoms with Crippen LogP contribution >= 0.6 is 11.8 Å². The van der Waals surface area contributed by atoms with Crippen LogP contribution in [0, 0.1) is 11.8 Å². The van der Waals surface area contributed by atoms with Crippen LogP contribution in [0.2, 0.25) is 0 Å². The van der Waals surface area contributed by atoms with Crippen LogP contribution in [-0.4, -0.2) is 107 Å². The second-order valence-corrected chi connectivity index (χ2v) is 11.4. The molecule has 9 nitrogen and oxygen atoms in total. The molecule has 4 fully saturated rings. The third-order valence-corrected chi connectivity index (χ3v) is 9.51. The highest BCUT2D eigenvalue weighted by atomic mass is 32.2. The van der Waals surface area contributed by atoms with Crippen LogP contribution in [0.25, 0.3) is 0 Å². The van der Waals surface area contributed by atoms with Crippen molar-refractivity contribution in [3.8, 4) is 0 Å². The second kappa shape index (κ2) is 9.48. The highest BCUT2D eigenvalue weighted by molar-refractivity contribution is 8.02. The van der Waals surface area contributed by atoms with Crippen LogP contribution < -0.4 is 10.6 Å². The van der Waals surface area contributed by atoms with Crippen molar-refractivity contribution in [3.05, 3.63) is 0 Å². The first-order chi connectivity index (χ1) is 15.4. The molecule has 2 bridgehead atoms. The minimum atomic E-state index is -0.660. The van der Waals surface area contributed by atoms with Gasteiger partial charge in [-0.05, 0) is 26.2 Å². The number of morpholine rings is 1. The van der Waals surface area contributed by atoms with E-state index >= 15 is 0 Å². The quantitative estimate of drug-likeness (QED) is 0.416. The molecule has 4 heterocycles. The molecule has 4 saturated heterocycles. The Labute approximate surface area is 194 Å². The molecular weight excluding hydrogens is 432 g/mol. The third kappa shape index (κ3) is 3.93. The van der Waals surface area contributed by atoms with E-state index in [1.165, 1.54) is 4.90 Å². The smallest absolute Gasteiger partial charge is 0.244 e. The second-order valence-electron chi connectivity index (χ2n) is 9.52. The molecule has 10 heteroatoms. The molecular formula is C22H36N4O5S. The van der Waals surface area contributed by atoms with Crippen molar-refractivity contribution < 1.29 is 24.2 Å². The summed E-state index contributed by atoms with van der Waals surface area (Å²) in [4.78, 5) is 43.9. The van der Waals surface area contributed by atoms with E-state index in [1.807, 2.05) is 6.92 Å². The lowest BCUT2D eigenvalue weighted by Gasteiger charge is -2.35. The molecule has 2 unspecified atom stereocenters. The predicted molar refractivity (Wildman–Crippen MR) is 121 cm³/mol. The third-order valence-electron chi connectivity index (χ3n) is 7.53. The number of thioether (sulfide) groups is 1. The van der Waals surface area contributed by atoms with Crippen molar-refractivity contribution in [2.45, 2.75) is 48.6 Å². The number of ether oxygens (including phenoxy) is 1. The summed E-state index contributed by atoms with van der Waals surface area (Å²) >= 11 is 1.66. The van der Waals surface area contributed by atoms with Gasteiger partial charge in [-0.25, -0.2) is 0 Å². The van der Waals surface area contributed by atoms with E-state index in [-0.39, 0.29) is 35.6 Å². The summed E-state index contributed by atoms with van der Waals surface area (Å²) in [6.07, 6.45) is 2.36. The number of aliphatic hydroxyl groups excluding tert-OH is 1. The Kier molecular flexibility index (Phi) is 7.05. The van der Waals surface area contributed by atoms with Crippen molar-refractivity contribution in [3.63, 3.8) is 0 Å². The number of carbonyl (C=O) groups excluding carboxylic acids is 3. The van der Waals surface area contributed by atoms with E-state index in [0.717, 1.165) is 38.9 Å². The summed E-state index contributed by atoms with van der Waals surface area (Å²) in [5, 5.41) is 15.7. The number of amides is 3. The molecule has 0 radical (unpaired) electrons. The fraction of sp³-hybridized carbons (Fsp3) is 0.864. The van der Waals surface area contributed by atoms with Crippen LogP contribution in [0.5, 0.6) is 0 Å². The number of hydrogen-bond acceptors (Lipinski definition) is 7. The fourth-order valence-electron chi connectivity index (χ4n) is 6.09. The van der Waals surface area contributed by atoms with Gasteiger partial charge >= 0.3 is 0 Å². The minimum absolute atomic E-state index is 0.0842.